The molecule has 0 aliphatic carbocycles. The van der Waals surface area contributed by atoms with Crippen molar-refractivity contribution in [1.29, 1.82) is 0 Å². The molecule has 0 bridgehead atoms. The summed E-state index contributed by atoms with van der Waals surface area (Å²) in [6.45, 7) is 9.21. The van der Waals surface area contributed by atoms with E-state index in [0.29, 0.717) is 30.5 Å². The standard InChI is InChI=1S/C54H70N10O8S2/c1-31(2)46-53(72)62-45(52(71)64-54(3,4)5)30-74-73-29-44(61-47(66)39(56)25-33-17-20-34-12-6-7-13-35(34)24-33)51(70)59-42(26-32-18-21-37(65)22-19-32)49(68)60-43(27-36-28-57-40-15-9-8-14-38(36)40)50(69)58-41(48(67)63-46)16-10-11-23-55/h6-9,12-15,17-22,24,28,31,39,41-46,57,65H,10-11,16,23,25-27,29-30,55-56H2,1-5H3,(H,58,69)(H,59,70)(H,60,68)(H,61,66)(H,62,72)(H,63,67)(H,64,71)/t39-,41-,42-,43+,44+,45-,46-/m0/s1. The lowest BCUT2D eigenvalue weighted by Gasteiger charge is -2.30. The van der Waals surface area contributed by atoms with Crippen LogP contribution in [0.4, 0.5) is 0 Å². The molecule has 2 heterocycles. The number of phenolic OH excluding ortho intramolecular Hbond substituents is 1. The number of H-pyrrole nitrogens is 1. The Kier molecular flexibility index (Phi) is 20.3. The number of rotatable bonds is 14. The van der Waals surface area contributed by atoms with Crippen molar-refractivity contribution in [3.8, 4) is 5.75 Å². The van der Waals surface area contributed by atoms with Gasteiger partial charge in [-0.3, -0.25) is 33.6 Å². The van der Waals surface area contributed by atoms with Gasteiger partial charge in [0, 0.05) is 47.0 Å². The van der Waals surface area contributed by atoms with Crippen molar-refractivity contribution in [2.45, 2.75) is 121 Å². The van der Waals surface area contributed by atoms with Crippen molar-refractivity contribution >= 4 is 84.6 Å². The Labute approximate surface area is 439 Å². The van der Waals surface area contributed by atoms with E-state index in [2.05, 4.69) is 42.2 Å². The number of unbranched alkanes of at least 4 members (excludes halogenated alkanes) is 1. The summed E-state index contributed by atoms with van der Waals surface area (Å²) in [4.78, 5) is 104. The lowest BCUT2D eigenvalue weighted by atomic mass is 10.00. The predicted molar refractivity (Wildman–Crippen MR) is 292 cm³/mol. The number of fused-ring (bicyclic) bond motifs is 2. The number of hydrogen-bond donors (Lipinski definition) is 11. The summed E-state index contributed by atoms with van der Waals surface area (Å²) in [5.74, 6) is -5.21. The third-order valence-corrected chi connectivity index (χ3v) is 14.9. The van der Waals surface area contributed by atoms with Gasteiger partial charge >= 0.3 is 0 Å². The molecule has 74 heavy (non-hydrogen) atoms. The first kappa shape index (κ1) is 56.7. The normalized spacial score (nSPS) is 21.4. The van der Waals surface area contributed by atoms with E-state index in [4.69, 9.17) is 11.5 Å². The number of para-hydroxylation sites is 1. The van der Waals surface area contributed by atoms with Crippen LogP contribution in [-0.4, -0.2) is 117 Å². The summed E-state index contributed by atoms with van der Waals surface area (Å²) >= 11 is 0. The SMILES string of the molecule is CC(C)[C@@H]1NC(=O)[C@H](CCCCN)NC(=O)[C@@H](Cc2c[nH]c3ccccc23)NC(=O)[C@H](Cc2ccc(O)cc2)NC(=O)[C@H](NC(=O)[C@@H](N)Cc2ccc3ccccc3c2)CSSC[C@@H](C(=O)NC(C)(C)C)NC1=O. The maximum absolute atomic E-state index is 14.8. The van der Waals surface area contributed by atoms with Gasteiger partial charge in [0.2, 0.25) is 41.4 Å². The molecule has 7 amide bonds. The number of aromatic amines is 1. The maximum atomic E-state index is 14.8. The van der Waals surface area contributed by atoms with Crippen LogP contribution in [0.15, 0.2) is 97.2 Å². The molecule has 1 fully saturated rings. The molecule has 1 aromatic heterocycles. The molecule has 1 saturated heterocycles. The van der Waals surface area contributed by atoms with Crippen LogP contribution in [-0.2, 0) is 52.8 Å². The summed E-state index contributed by atoms with van der Waals surface area (Å²) in [6.07, 6.45) is 2.83. The molecule has 0 saturated carbocycles. The van der Waals surface area contributed by atoms with Gasteiger partial charge in [0.15, 0.2) is 0 Å². The van der Waals surface area contributed by atoms with Gasteiger partial charge in [-0.1, -0.05) is 108 Å². The highest BCUT2D eigenvalue weighted by atomic mass is 33.1. The highest BCUT2D eigenvalue weighted by Gasteiger charge is 2.36. The molecule has 13 N–H and O–H groups in total. The fourth-order valence-electron chi connectivity index (χ4n) is 8.48. The zero-order chi connectivity index (χ0) is 53.5. The summed E-state index contributed by atoms with van der Waals surface area (Å²) in [6, 6.07) is 18.6. The molecule has 7 atom stereocenters. The third-order valence-electron chi connectivity index (χ3n) is 12.5. The Hall–Kier alpha value is -6.61. The van der Waals surface area contributed by atoms with Crippen molar-refractivity contribution in [3.63, 3.8) is 0 Å². The molecule has 1 aliphatic heterocycles. The molecule has 6 rings (SSSR count). The van der Waals surface area contributed by atoms with E-state index >= 15 is 0 Å². The minimum absolute atomic E-state index is 0.00230. The number of aromatic nitrogens is 1. The van der Waals surface area contributed by atoms with Crippen molar-refractivity contribution in [3.05, 3.63) is 114 Å². The fraction of sp³-hybridized carbons (Fsp3) is 0.426. The number of aromatic hydroxyl groups is 1. The first-order valence-corrected chi connectivity index (χ1v) is 27.4. The second-order valence-corrected chi connectivity index (χ2v) is 22.6. The van der Waals surface area contributed by atoms with Crippen LogP contribution in [0, 0.1) is 5.92 Å². The molecule has 20 heteroatoms. The van der Waals surface area contributed by atoms with Crippen LogP contribution < -0.4 is 48.7 Å². The Bertz CT molecular complexity index is 2760. The van der Waals surface area contributed by atoms with E-state index in [9.17, 15) is 38.7 Å². The van der Waals surface area contributed by atoms with Crippen molar-refractivity contribution in [2.75, 3.05) is 18.1 Å². The monoisotopic (exact) mass is 1050 g/mol. The van der Waals surface area contributed by atoms with Gasteiger partial charge in [0.25, 0.3) is 0 Å². The van der Waals surface area contributed by atoms with E-state index in [-0.39, 0.29) is 42.9 Å². The number of nitrogens with two attached hydrogens (primary N) is 2. The topological polar surface area (TPSA) is 292 Å². The number of benzene rings is 4. The van der Waals surface area contributed by atoms with Gasteiger partial charge in [-0.15, -0.1) is 0 Å². The molecule has 5 aromatic rings. The smallest absolute Gasteiger partial charge is 0.244 e. The third kappa shape index (κ3) is 16.4. The minimum atomic E-state index is -1.35. The molecule has 1 aliphatic rings. The predicted octanol–water partition coefficient (Wildman–Crippen LogP) is 3.39. The summed E-state index contributed by atoms with van der Waals surface area (Å²) in [5, 5.41) is 32.9. The van der Waals surface area contributed by atoms with Gasteiger partial charge < -0.3 is 58.8 Å². The van der Waals surface area contributed by atoms with E-state index < -0.39 is 95.1 Å². The fourth-order valence-corrected chi connectivity index (χ4v) is 10.8. The maximum Gasteiger partial charge on any atom is 0.244 e. The molecular formula is C54H70N10O8S2. The molecule has 18 nitrogen and oxygen atoms in total. The Balaban J connectivity index is 1.38. The van der Waals surface area contributed by atoms with E-state index in [1.165, 1.54) is 22.9 Å². The van der Waals surface area contributed by atoms with Crippen LogP contribution in [0.2, 0.25) is 0 Å². The average molecular weight is 1050 g/mol. The minimum Gasteiger partial charge on any atom is -0.508 e. The Morgan fingerprint density at radius 1 is 0.716 bits per heavy atom. The zero-order valence-corrected chi connectivity index (χ0v) is 44.1. The van der Waals surface area contributed by atoms with Gasteiger partial charge in [-0.25, -0.2) is 0 Å². The van der Waals surface area contributed by atoms with Crippen LogP contribution >= 0.6 is 21.6 Å². The molecule has 0 unspecified atom stereocenters. The average Bonchev–Trinajstić information content (AvgIpc) is 3.77. The Morgan fingerprint density at radius 3 is 2.04 bits per heavy atom. The van der Waals surface area contributed by atoms with Crippen molar-refractivity contribution in [1.82, 2.24) is 42.2 Å². The Morgan fingerprint density at radius 2 is 1.34 bits per heavy atom. The van der Waals surface area contributed by atoms with Crippen LogP contribution in [0.3, 0.4) is 0 Å². The number of phenols is 1. The highest BCUT2D eigenvalue weighted by molar-refractivity contribution is 8.76. The second-order valence-electron chi connectivity index (χ2n) is 20.1. The van der Waals surface area contributed by atoms with Crippen LogP contribution in [0.1, 0.15) is 70.6 Å². The lowest BCUT2D eigenvalue weighted by Crippen LogP contribution is -2.61. The zero-order valence-electron chi connectivity index (χ0n) is 42.5. The van der Waals surface area contributed by atoms with Gasteiger partial charge in [0.05, 0.1) is 6.04 Å². The molecule has 0 spiro atoms. The molecule has 0 radical (unpaired) electrons. The van der Waals surface area contributed by atoms with E-state index in [1.807, 2.05) is 66.7 Å². The quantitative estimate of drug-likeness (QED) is 0.0564. The summed E-state index contributed by atoms with van der Waals surface area (Å²) in [7, 11) is 2.32. The van der Waals surface area contributed by atoms with Gasteiger partial charge in [-0.05, 0) is 105 Å². The number of carbonyl (C=O) groups is 7. The van der Waals surface area contributed by atoms with Gasteiger partial charge in [-0.2, -0.15) is 0 Å². The largest absolute Gasteiger partial charge is 0.508 e. The van der Waals surface area contributed by atoms with E-state index in [0.717, 1.165) is 38.0 Å². The number of hydrogen-bond acceptors (Lipinski definition) is 12. The number of carbonyl (C=O) groups excluding carboxylic acids is 7. The highest BCUT2D eigenvalue weighted by Crippen LogP contribution is 2.25. The van der Waals surface area contributed by atoms with Crippen molar-refractivity contribution in [2.24, 2.45) is 17.4 Å². The van der Waals surface area contributed by atoms with Crippen LogP contribution in [0.5, 0.6) is 5.75 Å². The lowest BCUT2D eigenvalue weighted by molar-refractivity contribution is -0.136. The molecular weight excluding hydrogens is 981 g/mol. The summed E-state index contributed by atoms with van der Waals surface area (Å²) in [5.41, 5.74) is 14.5. The first-order chi connectivity index (χ1) is 35.3. The first-order valence-electron chi connectivity index (χ1n) is 24.9. The van der Waals surface area contributed by atoms with E-state index in [1.54, 1.807) is 52.9 Å². The number of nitrogens with one attached hydrogen (secondary N) is 8. The number of amides is 7. The summed E-state index contributed by atoms with van der Waals surface area (Å²) < 4.78 is 0. The molecule has 396 valence electrons. The molecule has 4 aromatic carbocycles. The second kappa shape index (κ2) is 26.6. The van der Waals surface area contributed by atoms with Gasteiger partial charge in [0.1, 0.15) is 42.0 Å². The van der Waals surface area contributed by atoms with Crippen LogP contribution in [0.25, 0.3) is 21.7 Å². The van der Waals surface area contributed by atoms with Crippen molar-refractivity contribution < 1.29 is 38.7 Å².